The Balaban J connectivity index is 2.22. The molecule has 18 heavy (non-hydrogen) atoms. The number of aliphatic hydroxyl groups is 1. The van der Waals surface area contributed by atoms with Gasteiger partial charge in [0.1, 0.15) is 5.75 Å². The minimum Gasteiger partial charge on any atom is -0.497 e. The summed E-state index contributed by atoms with van der Waals surface area (Å²) >= 11 is 0. The van der Waals surface area contributed by atoms with Gasteiger partial charge in [-0.25, -0.2) is 4.79 Å². The van der Waals surface area contributed by atoms with Crippen LogP contribution in [0, 0.1) is 0 Å². The Morgan fingerprint density at radius 3 is 2.56 bits per heavy atom. The van der Waals surface area contributed by atoms with E-state index in [0.29, 0.717) is 6.54 Å². The Hall–Kier alpha value is -1.75. The number of unbranched alkanes of at least 4 members (excludes halogenated alkanes) is 2. The van der Waals surface area contributed by atoms with Crippen molar-refractivity contribution in [2.75, 3.05) is 25.6 Å². The van der Waals surface area contributed by atoms with Gasteiger partial charge in [0.05, 0.1) is 7.11 Å². The first kappa shape index (κ1) is 14.3. The Kier molecular flexibility index (Phi) is 6.64. The number of rotatable bonds is 7. The number of urea groups is 1. The number of carbonyl (C=O) groups is 1. The topological polar surface area (TPSA) is 70.6 Å². The van der Waals surface area contributed by atoms with Gasteiger partial charge in [-0.1, -0.05) is 0 Å². The van der Waals surface area contributed by atoms with E-state index in [2.05, 4.69) is 10.6 Å². The number of amides is 2. The predicted octanol–water partition coefficient (Wildman–Crippen LogP) is 1.98. The molecule has 1 aromatic rings. The summed E-state index contributed by atoms with van der Waals surface area (Å²) in [7, 11) is 1.60. The molecule has 0 aliphatic rings. The molecule has 5 nitrogen and oxygen atoms in total. The lowest BCUT2D eigenvalue weighted by Gasteiger charge is -2.08. The first-order chi connectivity index (χ1) is 8.76. The van der Waals surface area contributed by atoms with E-state index in [0.717, 1.165) is 30.7 Å². The number of ether oxygens (including phenoxy) is 1. The highest BCUT2D eigenvalue weighted by molar-refractivity contribution is 5.89. The second kappa shape index (κ2) is 8.36. The summed E-state index contributed by atoms with van der Waals surface area (Å²) in [6.45, 7) is 0.819. The minimum absolute atomic E-state index is 0.206. The zero-order valence-electron chi connectivity index (χ0n) is 10.6. The number of methoxy groups -OCH3 is 1. The monoisotopic (exact) mass is 252 g/mol. The number of hydrogen-bond acceptors (Lipinski definition) is 3. The quantitative estimate of drug-likeness (QED) is 0.650. The van der Waals surface area contributed by atoms with Crippen molar-refractivity contribution in [1.29, 1.82) is 0 Å². The average Bonchev–Trinajstić information content (AvgIpc) is 2.39. The fourth-order valence-corrected chi connectivity index (χ4v) is 1.47. The van der Waals surface area contributed by atoms with Crippen LogP contribution in [-0.4, -0.2) is 31.4 Å². The van der Waals surface area contributed by atoms with Gasteiger partial charge >= 0.3 is 6.03 Å². The molecule has 0 saturated heterocycles. The molecule has 0 bridgehead atoms. The van der Waals surface area contributed by atoms with Gasteiger partial charge in [-0.3, -0.25) is 0 Å². The van der Waals surface area contributed by atoms with Crippen molar-refractivity contribution in [2.24, 2.45) is 0 Å². The predicted molar refractivity (Wildman–Crippen MR) is 71.0 cm³/mol. The van der Waals surface area contributed by atoms with Crippen LogP contribution in [0.25, 0.3) is 0 Å². The molecule has 0 radical (unpaired) electrons. The summed E-state index contributed by atoms with van der Waals surface area (Å²) in [5, 5.41) is 14.1. The minimum atomic E-state index is -0.218. The maximum absolute atomic E-state index is 11.5. The molecule has 0 aliphatic carbocycles. The van der Waals surface area contributed by atoms with Crippen LogP contribution in [0.15, 0.2) is 24.3 Å². The van der Waals surface area contributed by atoms with Gasteiger partial charge < -0.3 is 20.5 Å². The van der Waals surface area contributed by atoms with Crippen molar-refractivity contribution >= 4 is 11.7 Å². The first-order valence-electron chi connectivity index (χ1n) is 6.06. The van der Waals surface area contributed by atoms with E-state index in [1.54, 1.807) is 31.4 Å². The number of carbonyl (C=O) groups excluding carboxylic acids is 1. The summed E-state index contributed by atoms with van der Waals surface area (Å²) in [6.07, 6.45) is 2.57. The Labute approximate surface area is 107 Å². The summed E-state index contributed by atoms with van der Waals surface area (Å²) in [6, 6.07) is 6.92. The lowest BCUT2D eigenvalue weighted by molar-refractivity contribution is 0.251. The summed E-state index contributed by atoms with van der Waals surface area (Å²) in [5.41, 5.74) is 0.726. The van der Waals surface area contributed by atoms with Crippen LogP contribution in [-0.2, 0) is 0 Å². The summed E-state index contributed by atoms with van der Waals surface area (Å²) in [5.74, 6) is 0.755. The molecule has 1 aromatic carbocycles. The zero-order chi connectivity index (χ0) is 13.2. The molecular formula is C13H20N2O3. The highest BCUT2D eigenvalue weighted by atomic mass is 16.5. The van der Waals surface area contributed by atoms with Gasteiger partial charge in [0.25, 0.3) is 0 Å². The van der Waals surface area contributed by atoms with E-state index in [9.17, 15) is 4.79 Å². The average molecular weight is 252 g/mol. The lowest BCUT2D eigenvalue weighted by atomic mass is 10.2. The Morgan fingerprint density at radius 2 is 1.94 bits per heavy atom. The maximum atomic E-state index is 11.5. The maximum Gasteiger partial charge on any atom is 0.319 e. The molecule has 3 N–H and O–H groups in total. The molecular weight excluding hydrogens is 232 g/mol. The van der Waals surface area contributed by atoms with Crippen molar-refractivity contribution in [3.05, 3.63) is 24.3 Å². The third-order valence-corrected chi connectivity index (χ3v) is 2.47. The van der Waals surface area contributed by atoms with Gasteiger partial charge in [-0.05, 0) is 43.5 Å². The smallest absolute Gasteiger partial charge is 0.319 e. The van der Waals surface area contributed by atoms with Crippen LogP contribution >= 0.6 is 0 Å². The standard InChI is InChI=1S/C13H20N2O3/c1-18-12-7-5-11(6-8-12)15-13(17)14-9-3-2-4-10-16/h5-8,16H,2-4,9-10H2,1H3,(H2,14,15,17). The van der Waals surface area contributed by atoms with Crippen LogP contribution in [0.2, 0.25) is 0 Å². The summed E-state index contributed by atoms with van der Waals surface area (Å²) < 4.78 is 5.03. The van der Waals surface area contributed by atoms with Crippen molar-refractivity contribution in [2.45, 2.75) is 19.3 Å². The van der Waals surface area contributed by atoms with Crippen molar-refractivity contribution < 1.29 is 14.6 Å². The SMILES string of the molecule is COc1ccc(NC(=O)NCCCCCO)cc1. The van der Waals surface area contributed by atoms with Crippen LogP contribution < -0.4 is 15.4 Å². The fourth-order valence-electron chi connectivity index (χ4n) is 1.47. The van der Waals surface area contributed by atoms with Gasteiger partial charge in [0.15, 0.2) is 0 Å². The highest BCUT2D eigenvalue weighted by Crippen LogP contribution is 2.14. The van der Waals surface area contributed by atoms with E-state index < -0.39 is 0 Å². The zero-order valence-corrected chi connectivity index (χ0v) is 10.6. The first-order valence-corrected chi connectivity index (χ1v) is 6.06. The molecule has 0 atom stereocenters. The number of nitrogens with one attached hydrogen (secondary N) is 2. The van der Waals surface area contributed by atoms with Gasteiger partial charge in [0.2, 0.25) is 0 Å². The fraction of sp³-hybridized carbons (Fsp3) is 0.462. The van der Waals surface area contributed by atoms with E-state index >= 15 is 0 Å². The van der Waals surface area contributed by atoms with Crippen molar-refractivity contribution in [1.82, 2.24) is 5.32 Å². The Morgan fingerprint density at radius 1 is 1.22 bits per heavy atom. The van der Waals surface area contributed by atoms with Gasteiger partial charge in [-0.2, -0.15) is 0 Å². The molecule has 0 saturated carbocycles. The molecule has 0 fully saturated rings. The third kappa shape index (κ3) is 5.54. The number of aliphatic hydroxyl groups excluding tert-OH is 1. The molecule has 0 heterocycles. The van der Waals surface area contributed by atoms with E-state index in [1.165, 1.54) is 0 Å². The number of anilines is 1. The molecule has 2 amide bonds. The van der Waals surface area contributed by atoms with Crippen LogP contribution in [0.1, 0.15) is 19.3 Å². The highest BCUT2D eigenvalue weighted by Gasteiger charge is 2.00. The second-order valence-corrected chi connectivity index (χ2v) is 3.89. The normalized spacial score (nSPS) is 9.89. The van der Waals surface area contributed by atoms with Gasteiger partial charge in [-0.15, -0.1) is 0 Å². The summed E-state index contributed by atoms with van der Waals surface area (Å²) in [4.78, 5) is 11.5. The second-order valence-electron chi connectivity index (χ2n) is 3.89. The Bertz CT molecular complexity index is 352. The molecule has 0 aliphatic heterocycles. The van der Waals surface area contributed by atoms with Crippen LogP contribution in [0.5, 0.6) is 5.75 Å². The van der Waals surface area contributed by atoms with Crippen molar-refractivity contribution in [3.8, 4) is 5.75 Å². The van der Waals surface area contributed by atoms with Crippen LogP contribution in [0.4, 0.5) is 10.5 Å². The molecule has 0 unspecified atom stereocenters. The number of benzene rings is 1. The molecule has 1 rings (SSSR count). The molecule has 0 spiro atoms. The molecule has 5 heteroatoms. The van der Waals surface area contributed by atoms with E-state index in [1.807, 2.05) is 0 Å². The largest absolute Gasteiger partial charge is 0.497 e. The van der Waals surface area contributed by atoms with Gasteiger partial charge in [0, 0.05) is 18.8 Å². The van der Waals surface area contributed by atoms with E-state index in [4.69, 9.17) is 9.84 Å². The molecule has 100 valence electrons. The van der Waals surface area contributed by atoms with E-state index in [-0.39, 0.29) is 12.6 Å². The van der Waals surface area contributed by atoms with Crippen molar-refractivity contribution in [3.63, 3.8) is 0 Å². The lowest BCUT2D eigenvalue weighted by Crippen LogP contribution is -2.29. The third-order valence-electron chi connectivity index (χ3n) is 2.47. The molecule has 0 aromatic heterocycles. The number of hydrogen-bond donors (Lipinski definition) is 3. The van der Waals surface area contributed by atoms with Crippen LogP contribution in [0.3, 0.4) is 0 Å².